The number of carbonyl (C=O) groups is 1. The minimum absolute atomic E-state index is 0.0283. The topological polar surface area (TPSA) is 160 Å². The number of primary amides is 1. The molecule has 1 heterocycles. The van der Waals surface area contributed by atoms with Gasteiger partial charge in [-0.3, -0.25) is 4.79 Å². The highest BCUT2D eigenvalue weighted by Crippen LogP contribution is 2.22. The van der Waals surface area contributed by atoms with Gasteiger partial charge in [-0.25, -0.2) is 4.98 Å². The number of nitrogens with two attached hydrogens (primary N) is 1. The van der Waals surface area contributed by atoms with E-state index in [-0.39, 0.29) is 29.0 Å². The van der Waals surface area contributed by atoms with Crippen LogP contribution in [0.25, 0.3) is 0 Å². The number of benzene rings is 1. The van der Waals surface area contributed by atoms with Crippen molar-refractivity contribution in [2.24, 2.45) is 11.7 Å². The summed E-state index contributed by atoms with van der Waals surface area (Å²) in [6.45, 7) is 3.70. The Balaban J connectivity index is 2.25. The van der Waals surface area contributed by atoms with Crippen LogP contribution in [-0.2, 0) is 10.1 Å². The first-order chi connectivity index (χ1) is 13.1. The van der Waals surface area contributed by atoms with E-state index in [9.17, 15) is 18.5 Å². The van der Waals surface area contributed by atoms with Crippen LogP contribution in [0.15, 0.2) is 30.5 Å². The molecule has 0 saturated heterocycles. The number of anilines is 3. The molecule has 0 spiro atoms. The number of nitriles is 1. The van der Waals surface area contributed by atoms with Crippen LogP contribution in [0.2, 0.25) is 0 Å². The molecule has 0 aliphatic rings. The van der Waals surface area contributed by atoms with Gasteiger partial charge in [0.05, 0.1) is 17.9 Å². The summed E-state index contributed by atoms with van der Waals surface area (Å²) >= 11 is 0. The van der Waals surface area contributed by atoms with E-state index >= 15 is 0 Å². The number of nitrogens with zero attached hydrogens (tertiary/aromatic N) is 3. The van der Waals surface area contributed by atoms with E-state index in [1.165, 1.54) is 18.3 Å². The summed E-state index contributed by atoms with van der Waals surface area (Å²) in [5, 5.41) is 15.1. The third kappa shape index (κ3) is 5.82. The van der Waals surface area contributed by atoms with Crippen molar-refractivity contribution < 1.29 is 17.4 Å². The average Bonchev–Trinajstić information content (AvgIpc) is 2.59. The van der Waals surface area contributed by atoms with Crippen molar-refractivity contribution in [2.45, 2.75) is 19.9 Å². The molecule has 28 heavy (non-hydrogen) atoms. The van der Waals surface area contributed by atoms with Crippen molar-refractivity contribution in [1.29, 1.82) is 5.26 Å². The number of hydrogen-bond acceptors (Lipinski definition) is 9. The average molecular weight is 404 g/mol. The monoisotopic (exact) mass is 404 g/mol. The molecule has 148 valence electrons. The fourth-order valence-electron chi connectivity index (χ4n) is 2.13. The number of amides is 1. The Morgan fingerprint density at radius 2 is 1.93 bits per heavy atom. The normalized spacial score (nSPS) is 12.1. The lowest BCUT2D eigenvalue weighted by Crippen LogP contribution is -2.27. The molecule has 0 aliphatic heterocycles. The molecule has 0 saturated carbocycles. The van der Waals surface area contributed by atoms with Gasteiger partial charge < -0.3 is 20.6 Å². The SMILES string of the molecule is CC(C)C(C#N)Nc1nc(Nc2ccc(OS(C)(=O)=O)cc2)ncc1C(N)=O. The van der Waals surface area contributed by atoms with Gasteiger partial charge in [-0.05, 0) is 30.2 Å². The second-order valence-corrected chi connectivity index (χ2v) is 7.83. The lowest BCUT2D eigenvalue weighted by molar-refractivity contribution is 0.100. The first-order valence-electron chi connectivity index (χ1n) is 8.18. The van der Waals surface area contributed by atoms with Crippen LogP contribution in [0.4, 0.5) is 17.5 Å². The van der Waals surface area contributed by atoms with Crippen LogP contribution < -0.4 is 20.6 Å². The first-order valence-corrected chi connectivity index (χ1v) is 10.00. The highest BCUT2D eigenvalue weighted by atomic mass is 32.2. The molecule has 1 aromatic heterocycles. The van der Waals surface area contributed by atoms with E-state index in [0.29, 0.717) is 5.69 Å². The van der Waals surface area contributed by atoms with Crippen molar-refractivity contribution in [3.8, 4) is 11.8 Å². The smallest absolute Gasteiger partial charge is 0.306 e. The van der Waals surface area contributed by atoms with E-state index in [1.807, 2.05) is 13.8 Å². The van der Waals surface area contributed by atoms with Crippen LogP contribution >= 0.6 is 0 Å². The molecule has 0 bridgehead atoms. The van der Waals surface area contributed by atoms with Crippen molar-refractivity contribution in [3.05, 3.63) is 36.0 Å². The van der Waals surface area contributed by atoms with Crippen LogP contribution in [0.1, 0.15) is 24.2 Å². The maximum Gasteiger partial charge on any atom is 0.306 e. The Labute approximate surface area is 162 Å². The van der Waals surface area contributed by atoms with Crippen molar-refractivity contribution in [2.75, 3.05) is 16.9 Å². The van der Waals surface area contributed by atoms with Gasteiger partial charge in [0.1, 0.15) is 17.6 Å². The van der Waals surface area contributed by atoms with E-state index in [2.05, 4.69) is 26.7 Å². The predicted octanol–water partition coefficient (Wildman–Crippen LogP) is 1.62. The Hall–Kier alpha value is -3.39. The Morgan fingerprint density at radius 1 is 1.29 bits per heavy atom. The molecule has 1 unspecified atom stereocenters. The van der Waals surface area contributed by atoms with Gasteiger partial charge in [-0.15, -0.1) is 0 Å². The Morgan fingerprint density at radius 3 is 2.43 bits per heavy atom. The molecule has 1 amide bonds. The summed E-state index contributed by atoms with van der Waals surface area (Å²) < 4.78 is 27.0. The van der Waals surface area contributed by atoms with Gasteiger partial charge in [0.15, 0.2) is 0 Å². The van der Waals surface area contributed by atoms with Gasteiger partial charge >= 0.3 is 10.1 Å². The summed E-state index contributed by atoms with van der Waals surface area (Å²) in [5.74, 6) is -0.294. The minimum Gasteiger partial charge on any atom is -0.383 e. The Bertz CT molecular complexity index is 999. The standard InChI is InChI=1S/C17H20N6O4S/c1-10(2)14(8-18)22-16-13(15(19)24)9-20-17(23-16)21-11-4-6-12(7-5-11)27-28(3,25)26/h4-7,9-10,14H,1-3H3,(H2,19,24)(H2,20,21,22,23). The maximum absolute atomic E-state index is 11.6. The van der Waals surface area contributed by atoms with E-state index in [1.54, 1.807) is 12.1 Å². The maximum atomic E-state index is 11.6. The quantitative estimate of drug-likeness (QED) is 0.555. The number of hydrogen-bond donors (Lipinski definition) is 3. The van der Waals surface area contributed by atoms with Crippen LogP contribution in [0.5, 0.6) is 5.75 Å². The molecule has 1 aromatic carbocycles. The van der Waals surface area contributed by atoms with Crippen LogP contribution in [0.3, 0.4) is 0 Å². The molecule has 1 atom stereocenters. The highest BCUT2D eigenvalue weighted by Gasteiger charge is 2.18. The second kappa shape index (κ2) is 8.53. The van der Waals surface area contributed by atoms with Gasteiger partial charge in [0, 0.05) is 11.9 Å². The summed E-state index contributed by atoms with van der Waals surface area (Å²) in [6.07, 6.45) is 2.21. The lowest BCUT2D eigenvalue weighted by atomic mass is 10.1. The molecule has 0 radical (unpaired) electrons. The van der Waals surface area contributed by atoms with Crippen LogP contribution in [0, 0.1) is 17.2 Å². The zero-order valence-electron chi connectivity index (χ0n) is 15.5. The summed E-state index contributed by atoms with van der Waals surface area (Å²) in [5.41, 5.74) is 5.97. The summed E-state index contributed by atoms with van der Waals surface area (Å²) in [7, 11) is -3.61. The molecule has 0 fully saturated rings. The van der Waals surface area contributed by atoms with Gasteiger partial charge in [-0.1, -0.05) is 13.8 Å². The van der Waals surface area contributed by atoms with Crippen molar-refractivity contribution >= 4 is 33.5 Å². The van der Waals surface area contributed by atoms with Gasteiger partial charge in [0.2, 0.25) is 5.95 Å². The molecular weight excluding hydrogens is 384 g/mol. The second-order valence-electron chi connectivity index (χ2n) is 6.25. The molecule has 2 rings (SSSR count). The van der Waals surface area contributed by atoms with E-state index in [4.69, 9.17) is 9.92 Å². The zero-order valence-corrected chi connectivity index (χ0v) is 16.3. The van der Waals surface area contributed by atoms with E-state index in [0.717, 1.165) is 6.26 Å². The third-order valence-electron chi connectivity index (χ3n) is 3.51. The largest absolute Gasteiger partial charge is 0.383 e. The number of carbonyl (C=O) groups excluding carboxylic acids is 1. The highest BCUT2D eigenvalue weighted by molar-refractivity contribution is 7.86. The van der Waals surface area contributed by atoms with Crippen LogP contribution in [-0.4, -0.2) is 36.6 Å². The lowest BCUT2D eigenvalue weighted by Gasteiger charge is -2.17. The Kier molecular flexibility index (Phi) is 6.37. The first kappa shape index (κ1) is 20.9. The fourth-order valence-corrected chi connectivity index (χ4v) is 2.59. The van der Waals surface area contributed by atoms with Crippen molar-refractivity contribution in [3.63, 3.8) is 0 Å². The fraction of sp³-hybridized carbons (Fsp3) is 0.294. The molecule has 10 nitrogen and oxygen atoms in total. The third-order valence-corrected chi connectivity index (χ3v) is 4.01. The molecule has 11 heteroatoms. The summed E-state index contributed by atoms with van der Waals surface area (Å²) in [4.78, 5) is 19.9. The molecule has 4 N–H and O–H groups in total. The summed E-state index contributed by atoms with van der Waals surface area (Å²) in [6, 6.07) is 7.60. The number of nitrogens with one attached hydrogen (secondary N) is 2. The molecular formula is C17H20N6O4S. The predicted molar refractivity (Wildman–Crippen MR) is 104 cm³/mol. The molecule has 0 aliphatic carbocycles. The van der Waals surface area contributed by atoms with Gasteiger partial charge in [-0.2, -0.15) is 18.7 Å². The molecule has 2 aromatic rings. The number of rotatable bonds is 8. The zero-order chi connectivity index (χ0) is 20.9. The van der Waals surface area contributed by atoms with Crippen molar-refractivity contribution in [1.82, 2.24) is 9.97 Å². The number of aromatic nitrogens is 2. The minimum atomic E-state index is -3.61. The van der Waals surface area contributed by atoms with Gasteiger partial charge in [0.25, 0.3) is 5.91 Å². The van der Waals surface area contributed by atoms with E-state index < -0.39 is 22.1 Å².